The van der Waals surface area contributed by atoms with Gasteiger partial charge in [0.05, 0.1) is 13.2 Å². The molecule has 6 heteroatoms. The van der Waals surface area contributed by atoms with E-state index in [9.17, 15) is 5.11 Å². The van der Waals surface area contributed by atoms with Crippen molar-refractivity contribution in [2.45, 2.75) is 39.1 Å². The van der Waals surface area contributed by atoms with Crippen molar-refractivity contribution in [2.75, 3.05) is 40.0 Å². The molecule has 1 N–H and O–H groups in total. The van der Waals surface area contributed by atoms with E-state index >= 15 is 0 Å². The van der Waals surface area contributed by atoms with Gasteiger partial charge in [-0.1, -0.05) is 18.2 Å². The average molecular weight is 389 g/mol. The first kappa shape index (κ1) is 20.9. The second kappa shape index (κ2) is 10.6. The van der Waals surface area contributed by atoms with Gasteiger partial charge in [0.2, 0.25) is 0 Å². The maximum atomic E-state index is 9.58. The lowest BCUT2D eigenvalue weighted by atomic mass is 10.1. The number of para-hydroxylation sites is 1. The lowest BCUT2D eigenvalue weighted by Gasteiger charge is -2.41. The second-order valence-electron chi connectivity index (χ2n) is 7.21. The third-order valence-electron chi connectivity index (χ3n) is 5.18. The van der Waals surface area contributed by atoms with E-state index in [1.54, 1.807) is 7.11 Å². The van der Waals surface area contributed by atoms with E-state index < -0.39 is 0 Å². The van der Waals surface area contributed by atoms with Crippen molar-refractivity contribution in [2.24, 2.45) is 0 Å². The van der Waals surface area contributed by atoms with Crippen LogP contribution < -0.4 is 4.74 Å². The monoisotopic (exact) mass is 388 g/mol. The molecule has 2 aromatic rings. The maximum absolute atomic E-state index is 9.58. The van der Waals surface area contributed by atoms with E-state index in [1.165, 1.54) is 5.56 Å². The van der Waals surface area contributed by atoms with Crippen LogP contribution in [0.1, 0.15) is 30.4 Å². The van der Waals surface area contributed by atoms with Gasteiger partial charge < -0.3 is 19.0 Å². The molecule has 28 heavy (non-hydrogen) atoms. The Morgan fingerprint density at radius 1 is 1.11 bits per heavy atom. The first-order chi connectivity index (χ1) is 13.7. The average Bonchev–Trinajstić information content (AvgIpc) is 3.13. The summed E-state index contributed by atoms with van der Waals surface area (Å²) in [5, 5.41) is 9.58. The normalized spacial score (nSPS) is 18.5. The molecule has 1 aromatic heterocycles. The summed E-state index contributed by atoms with van der Waals surface area (Å²) in [6, 6.07) is 12.5. The highest BCUT2D eigenvalue weighted by Gasteiger charge is 2.27. The van der Waals surface area contributed by atoms with Crippen molar-refractivity contribution in [3.05, 3.63) is 53.5 Å². The van der Waals surface area contributed by atoms with Crippen molar-refractivity contribution >= 4 is 0 Å². The highest BCUT2D eigenvalue weighted by atomic mass is 16.5. The zero-order valence-electron chi connectivity index (χ0n) is 17.0. The van der Waals surface area contributed by atoms with Gasteiger partial charge >= 0.3 is 0 Å². The molecule has 1 aliphatic heterocycles. The van der Waals surface area contributed by atoms with Crippen LogP contribution in [0, 0.1) is 0 Å². The Morgan fingerprint density at radius 3 is 2.71 bits per heavy atom. The minimum absolute atomic E-state index is 0.195. The van der Waals surface area contributed by atoms with Gasteiger partial charge in [-0.25, -0.2) is 0 Å². The second-order valence-corrected chi connectivity index (χ2v) is 7.21. The molecule has 2 heterocycles. The Hall–Kier alpha value is -1.86. The van der Waals surface area contributed by atoms with E-state index in [4.69, 9.17) is 13.9 Å². The minimum Gasteiger partial charge on any atom is -0.494 e. The van der Waals surface area contributed by atoms with Gasteiger partial charge in [-0.2, -0.15) is 0 Å². The molecule has 0 radical (unpaired) electrons. The Balaban J connectivity index is 1.62. The molecule has 3 rings (SSSR count). The molecule has 1 fully saturated rings. The summed E-state index contributed by atoms with van der Waals surface area (Å²) in [4.78, 5) is 4.86. The largest absolute Gasteiger partial charge is 0.494 e. The van der Waals surface area contributed by atoms with E-state index in [2.05, 4.69) is 21.9 Å². The molecule has 1 saturated heterocycles. The summed E-state index contributed by atoms with van der Waals surface area (Å²) < 4.78 is 16.8. The van der Waals surface area contributed by atoms with Crippen LogP contribution in [0.4, 0.5) is 0 Å². The van der Waals surface area contributed by atoms with Gasteiger partial charge in [0.25, 0.3) is 0 Å². The van der Waals surface area contributed by atoms with E-state index in [1.807, 2.05) is 31.2 Å². The van der Waals surface area contributed by atoms with Crippen LogP contribution in [0.2, 0.25) is 0 Å². The summed E-state index contributed by atoms with van der Waals surface area (Å²) in [6.45, 7) is 7.84. The zero-order chi connectivity index (χ0) is 19.8. The van der Waals surface area contributed by atoms with Gasteiger partial charge in [0, 0.05) is 51.5 Å². The molecule has 154 valence electrons. The van der Waals surface area contributed by atoms with Crippen molar-refractivity contribution in [1.29, 1.82) is 0 Å². The molecule has 0 aliphatic carbocycles. The van der Waals surface area contributed by atoms with Crippen LogP contribution >= 0.6 is 0 Å². The number of aliphatic hydroxyl groups excluding tert-OH is 1. The summed E-state index contributed by atoms with van der Waals surface area (Å²) in [7, 11) is 1.67. The van der Waals surface area contributed by atoms with Crippen LogP contribution in [0.3, 0.4) is 0 Å². The van der Waals surface area contributed by atoms with E-state index in [0.717, 1.165) is 56.4 Å². The Kier molecular flexibility index (Phi) is 7.91. The molecule has 0 bridgehead atoms. The summed E-state index contributed by atoms with van der Waals surface area (Å²) >= 11 is 0. The lowest BCUT2D eigenvalue weighted by molar-refractivity contribution is 0.0457. The third kappa shape index (κ3) is 5.58. The van der Waals surface area contributed by atoms with Crippen LogP contribution in [-0.2, 0) is 24.4 Å². The zero-order valence-corrected chi connectivity index (χ0v) is 17.0. The maximum Gasteiger partial charge on any atom is 0.129 e. The number of rotatable bonds is 10. The number of methoxy groups -OCH3 is 1. The van der Waals surface area contributed by atoms with Crippen molar-refractivity contribution in [3.8, 4) is 5.75 Å². The number of piperazine rings is 1. The minimum atomic E-state index is 0.195. The first-order valence-electron chi connectivity index (χ1n) is 10.1. The molecular weight excluding hydrogens is 356 g/mol. The number of ether oxygens (including phenoxy) is 2. The summed E-state index contributed by atoms with van der Waals surface area (Å²) in [5.74, 6) is 2.77. The van der Waals surface area contributed by atoms with Gasteiger partial charge in [-0.05, 0) is 31.5 Å². The first-order valence-corrected chi connectivity index (χ1v) is 10.1. The van der Waals surface area contributed by atoms with Crippen LogP contribution in [0.15, 0.2) is 40.8 Å². The number of furan rings is 1. The van der Waals surface area contributed by atoms with Crippen LogP contribution in [-0.4, -0.2) is 60.9 Å². The molecule has 1 aromatic carbocycles. The van der Waals surface area contributed by atoms with Gasteiger partial charge in [-0.3, -0.25) is 9.80 Å². The topological polar surface area (TPSA) is 58.3 Å². The molecule has 0 amide bonds. The van der Waals surface area contributed by atoms with Crippen molar-refractivity contribution < 1.29 is 19.0 Å². The number of hydrogen-bond donors (Lipinski definition) is 1. The molecule has 1 unspecified atom stereocenters. The van der Waals surface area contributed by atoms with E-state index in [0.29, 0.717) is 19.3 Å². The summed E-state index contributed by atoms with van der Waals surface area (Å²) in [6.07, 6.45) is 0.764. The SMILES string of the molecule is CCOc1ccccc1CN1CCN(Cc2ccc(COC)o2)CC1CCO. The highest BCUT2D eigenvalue weighted by molar-refractivity contribution is 5.33. The fourth-order valence-corrected chi connectivity index (χ4v) is 3.83. The molecular formula is C22H32N2O4. The fraction of sp³-hybridized carbons (Fsp3) is 0.545. The molecule has 0 spiro atoms. The van der Waals surface area contributed by atoms with Crippen LogP contribution in [0.5, 0.6) is 5.75 Å². The lowest BCUT2D eigenvalue weighted by Crippen LogP contribution is -2.52. The molecule has 1 atom stereocenters. The predicted octanol–water partition coefficient (Wildman–Crippen LogP) is 2.89. The van der Waals surface area contributed by atoms with Crippen molar-refractivity contribution in [3.63, 3.8) is 0 Å². The number of hydrogen-bond acceptors (Lipinski definition) is 6. The third-order valence-corrected chi connectivity index (χ3v) is 5.18. The Bertz CT molecular complexity index is 718. The quantitative estimate of drug-likeness (QED) is 0.675. The molecule has 1 aliphatic rings. The summed E-state index contributed by atoms with van der Waals surface area (Å²) in [5.41, 5.74) is 1.20. The number of aliphatic hydroxyl groups is 1. The number of benzene rings is 1. The Labute approximate surface area is 167 Å². The highest BCUT2D eigenvalue weighted by Crippen LogP contribution is 2.24. The number of nitrogens with zero attached hydrogens (tertiary/aromatic N) is 2. The standard InChI is InChI=1S/C22H32N2O4/c1-3-27-22-7-5-4-6-18(22)14-24-12-11-23(15-19(24)10-13-25)16-20-8-9-21(28-20)17-26-2/h4-9,19,25H,3,10-17H2,1-2H3. The smallest absolute Gasteiger partial charge is 0.129 e. The van der Waals surface area contributed by atoms with Crippen molar-refractivity contribution in [1.82, 2.24) is 9.80 Å². The fourth-order valence-electron chi connectivity index (χ4n) is 3.83. The predicted molar refractivity (Wildman–Crippen MR) is 108 cm³/mol. The Morgan fingerprint density at radius 2 is 1.93 bits per heavy atom. The van der Waals surface area contributed by atoms with Gasteiger partial charge in [-0.15, -0.1) is 0 Å². The molecule has 0 saturated carbocycles. The van der Waals surface area contributed by atoms with Crippen LogP contribution in [0.25, 0.3) is 0 Å². The van der Waals surface area contributed by atoms with Gasteiger partial charge in [0.15, 0.2) is 0 Å². The van der Waals surface area contributed by atoms with Gasteiger partial charge in [0.1, 0.15) is 23.9 Å². The van der Waals surface area contributed by atoms with E-state index in [-0.39, 0.29) is 6.61 Å². The molecule has 6 nitrogen and oxygen atoms in total.